The van der Waals surface area contributed by atoms with Gasteiger partial charge in [0.05, 0.1) is 11.7 Å². The number of aryl methyl sites for hydroxylation is 1. The van der Waals surface area contributed by atoms with Crippen molar-refractivity contribution >= 4 is 5.97 Å². The molecule has 0 spiro atoms. The van der Waals surface area contributed by atoms with Crippen molar-refractivity contribution < 1.29 is 9.90 Å². The largest absolute Gasteiger partial charge is 0.545 e. The molecule has 1 aromatic heterocycles. The van der Waals surface area contributed by atoms with Gasteiger partial charge in [-0.15, -0.1) is 5.10 Å². The van der Waals surface area contributed by atoms with E-state index >= 15 is 0 Å². The van der Waals surface area contributed by atoms with Gasteiger partial charge < -0.3 is 9.90 Å². The number of aromatic nitrogens is 4. The van der Waals surface area contributed by atoms with Gasteiger partial charge in [-0.3, -0.25) is 0 Å². The molecule has 0 aliphatic heterocycles. The molecular weight excluding hydrogens is 196 g/mol. The zero-order valence-electron chi connectivity index (χ0n) is 7.91. The number of benzene rings is 1. The maximum atomic E-state index is 10.6. The molecule has 15 heavy (non-hydrogen) atoms. The van der Waals surface area contributed by atoms with Crippen molar-refractivity contribution in [3.63, 3.8) is 0 Å². The molecule has 0 saturated heterocycles. The number of tetrazole rings is 1. The first-order valence-corrected chi connectivity index (χ1v) is 4.25. The van der Waals surface area contributed by atoms with Gasteiger partial charge in [0.2, 0.25) is 0 Å². The molecule has 0 aliphatic carbocycles. The molecule has 0 saturated carbocycles. The topological polar surface area (TPSA) is 83.7 Å². The fraction of sp³-hybridized carbons (Fsp3) is 0.111. The quantitative estimate of drug-likeness (QED) is 0.646. The van der Waals surface area contributed by atoms with Gasteiger partial charge in [0.15, 0.2) is 5.82 Å². The summed E-state index contributed by atoms with van der Waals surface area (Å²) in [5.41, 5.74) is 0.696. The first-order valence-electron chi connectivity index (χ1n) is 4.25. The molecule has 2 aromatic rings. The van der Waals surface area contributed by atoms with Gasteiger partial charge in [-0.05, 0) is 35.0 Å². The lowest BCUT2D eigenvalue weighted by Gasteiger charge is -2.05. The van der Waals surface area contributed by atoms with E-state index in [2.05, 4.69) is 15.5 Å². The molecule has 0 unspecified atom stereocenters. The van der Waals surface area contributed by atoms with E-state index < -0.39 is 5.97 Å². The summed E-state index contributed by atoms with van der Waals surface area (Å²) in [5, 5.41) is 21.5. The van der Waals surface area contributed by atoms with Crippen LogP contribution in [0.25, 0.3) is 5.69 Å². The monoisotopic (exact) mass is 203 g/mol. The van der Waals surface area contributed by atoms with Crippen LogP contribution in [0.5, 0.6) is 0 Å². The Kier molecular flexibility index (Phi) is 2.17. The van der Waals surface area contributed by atoms with Crippen LogP contribution in [0.3, 0.4) is 0 Å². The van der Waals surface area contributed by atoms with Crippen molar-refractivity contribution in [2.45, 2.75) is 6.92 Å². The van der Waals surface area contributed by atoms with E-state index in [1.54, 1.807) is 19.1 Å². The maximum absolute atomic E-state index is 10.6. The van der Waals surface area contributed by atoms with Crippen LogP contribution in [0, 0.1) is 6.92 Å². The highest BCUT2D eigenvalue weighted by Gasteiger charge is 2.03. The molecule has 0 N–H and O–H groups in total. The first-order chi connectivity index (χ1) is 7.18. The Bertz CT molecular complexity index is 506. The number of carboxylic acid groups (broad SMARTS) is 1. The van der Waals surface area contributed by atoms with Crippen LogP contribution in [0.15, 0.2) is 24.3 Å². The average molecular weight is 203 g/mol. The fourth-order valence-corrected chi connectivity index (χ4v) is 1.23. The van der Waals surface area contributed by atoms with E-state index in [0.717, 1.165) is 0 Å². The van der Waals surface area contributed by atoms with E-state index in [9.17, 15) is 9.90 Å². The van der Waals surface area contributed by atoms with Gasteiger partial charge in [0, 0.05) is 0 Å². The van der Waals surface area contributed by atoms with Gasteiger partial charge in [-0.25, -0.2) is 0 Å². The lowest BCUT2D eigenvalue weighted by molar-refractivity contribution is -0.255. The van der Waals surface area contributed by atoms with Crippen LogP contribution in [0.4, 0.5) is 0 Å². The van der Waals surface area contributed by atoms with Crippen LogP contribution in [-0.4, -0.2) is 26.2 Å². The fourth-order valence-electron chi connectivity index (χ4n) is 1.23. The summed E-state index contributed by atoms with van der Waals surface area (Å²) in [4.78, 5) is 10.6. The molecule has 6 nitrogen and oxygen atoms in total. The van der Waals surface area contributed by atoms with Crippen molar-refractivity contribution in [2.24, 2.45) is 0 Å². The maximum Gasteiger partial charge on any atom is 0.153 e. The summed E-state index contributed by atoms with van der Waals surface area (Å²) in [6, 6.07) is 6.24. The van der Waals surface area contributed by atoms with Gasteiger partial charge in [0.25, 0.3) is 0 Å². The number of carboxylic acids is 1. The molecule has 0 amide bonds. The average Bonchev–Trinajstić information content (AvgIpc) is 2.64. The van der Waals surface area contributed by atoms with Crippen LogP contribution >= 0.6 is 0 Å². The normalized spacial score (nSPS) is 10.2. The van der Waals surface area contributed by atoms with Gasteiger partial charge in [0.1, 0.15) is 0 Å². The minimum Gasteiger partial charge on any atom is -0.545 e. The summed E-state index contributed by atoms with van der Waals surface area (Å²) >= 11 is 0. The van der Waals surface area contributed by atoms with Crippen molar-refractivity contribution in [2.75, 3.05) is 0 Å². The smallest absolute Gasteiger partial charge is 0.153 e. The third-order valence-electron chi connectivity index (χ3n) is 1.95. The van der Waals surface area contributed by atoms with Gasteiger partial charge in [-0.1, -0.05) is 12.1 Å². The molecule has 0 radical (unpaired) electrons. The van der Waals surface area contributed by atoms with E-state index in [0.29, 0.717) is 11.5 Å². The highest BCUT2D eigenvalue weighted by molar-refractivity contribution is 5.86. The molecule has 1 heterocycles. The second-order valence-corrected chi connectivity index (χ2v) is 2.98. The zero-order valence-corrected chi connectivity index (χ0v) is 7.91. The number of carbonyl (C=O) groups excluding carboxylic acids is 1. The minimum atomic E-state index is -1.22. The van der Waals surface area contributed by atoms with Crippen molar-refractivity contribution in [3.05, 3.63) is 35.7 Å². The SMILES string of the molecule is Cc1nnnn1-c1cccc(C(=O)[O-])c1. The molecule has 0 bridgehead atoms. The highest BCUT2D eigenvalue weighted by atomic mass is 16.4. The summed E-state index contributed by atoms with van der Waals surface area (Å²) in [5.74, 6) is -0.631. The van der Waals surface area contributed by atoms with Crippen LogP contribution in [0.1, 0.15) is 16.2 Å². The number of rotatable bonds is 2. The van der Waals surface area contributed by atoms with Crippen LogP contribution in [0.2, 0.25) is 0 Å². The summed E-state index contributed by atoms with van der Waals surface area (Å²) < 4.78 is 1.45. The Hall–Kier alpha value is -2.24. The summed E-state index contributed by atoms with van der Waals surface area (Å²) in [6.07, 6.45) is 0. The third-order valence-corrected chi connectivity index (χ3v) is 1.95. The molecule has 1 aromatic carbocycles. The number of hydrogen-bond donors (Lipinski definition) is 0. The standard InChI is InChI=1S/C9H8N4O2/c1-6-10-11-12-13(6)8-4-2-3-7(5-8)9(14)15/h2-5H,1H3,(H,14,15)/p-1. The number of hydrogen-bond acceptors (Lipinski definition) is 5. The number of carbonyl (C=O) groups is 1. The summed E-state index contributed by atoms with van der Waals surface area (Å²) in [7, 11) is 0. The molecular formula is C9H7N4O2-. The minimum absolute atomic E-state index is 0.0994. The van der Waals surface area contributed by atoms with Crippen LogP contribution < -0.4 is 5.11 Å². The third kappa shape index (κ3) is 1.69. The zero-order chi connectivity index (χ0) is 10.8. The van der Waals surface area contributed by atoms with Crippen LogP contribution in [-0.2, 0) is 0 Å². The van der Waals surface area contributed by atoms with Gasteiger partial charge in [-0.2, -0.15) is 4.68 Å². The molecule has 0 fully saturated rings. The van der Waals surface area contributed by atoms with Crippen molar-refractivity contribution in [1.29, 1.82) is 0 Å². The Morgan fingerprint density at radius 2 is 2.27 bits per heavy atom. The number of nitrogens with zero attached hydrogens (tertiary/aromatic N) is 4. The predicted molar refractivity (Wildman–Crippen MR) is 48.2 cm³/mol. The second-order valence-electron chi connectivity index (χ2n) is 2.98. The Labute approximate surface area is 85.2 Å². The Balaban J connectivity index is 2.50. The summed E-state index contributed by atoms with van der Waals surface area (Å²) in [6.45, 7) is 1.73. The Morgan fingerprint density at radius 3 is 2.87 bits per heavy atom. The van der Waals surface area contributed by atoms with E-state index in [4.69, 9.17) is 0 Å². The Morgan fingerprint density at radius 1 is 1.47 bits per heavy atom. The van der Waals surface area contributed by atoms with E-state index in [-0.39, 0.29) is 5.56 Å². The first kappa shape index (κ1) is 9.32. The van der Waals surface area contributed by atoms with Gasteiger partial charge >= 0.3 is 0 Å². The van der Waals surface area contributed by atoms with E-state index in [1.807, 2.05) is 0 Å². The molecule has 0 aliphatic rings. The lowest BCUT2D eigenvalue weighted by atomic mass is 10.2. The molecule has 76 valence electrons. The molecule has 2 rings (SSSR count). The molecule has 6 heteroatoms. The predicted octanol–water partition coefficient (Wildman–Crippen LogP) is -0.666. The van der Waals surface area contributed by atoms with Crippen molar-refractivity contribution in [1.82, 2.24) is 20.2 Å². The lowest BCUT2D eigenvalue weighted by Crippen LogP contribution is -2.22. The highest BCUT2D eigenvalue weighted by Crippen LogP contribution is 2.09. The second kappa shape index (κ2) is 3.49. The van der Waals surface area contributed by atoms with Crippen molar-refractivity contribution in [3.8, 4) is 5.69 Å². The number of aromatic carboxylic acids is 1. The molecule has 0 atom stereocenters. The van der Waals surface area contributed by atoms with E-state index in [1.165, 1.54) is 16.8 Å².